The molecular weight excluding hydrogens is 258 g/mol. The van der Waals surface area contributed by atoms with E-state index in [0.29, 0.717) is 17.8 Å². The van der Waals surface area contributed by atoms with E-state index in [1.165, 1.54) is 12.8 Å². The van der Waals surface area contributed by atoms with Crippen molar-refractivity contribution in [3.05, 3.63) is 29.3 Å². The van der Waals surface area contributed by atoms with Crippen molar-refractivity contribution in [3.63, 3.8) is 0 Å². The van der Waals surface area contributed by atoms with Gasteiger partial charge in [-0.15, -0.1) is 0 Å². The normalized spacial score (nSPS) is 25.9. The number of amides is 1. The number of carbonyl (C=O) groups excluding carboxylic acids is 1. The van der Waals surface area contributed by atoms with Gasteiger partial charge in [-0.1, -0.05) is 45.4 Å². The number of hydrogen-bond acceptors (Lipinski definition) is 1. The molecule has 0 aromatic heterocycles. The predicted octanol–water partition coefficient (Wildman–Crippen LogP) is 4.95. The monoisotopic (exact) mass is 287 g/mol. The van der Waals surface area contributed by atoms with Crippen LogP contribution in [0.15, 0.2) is 18.2 Å². The molecule has 0 radical (unpaired) electrons. The van der Waals surface area contributed by atoms with Crippen LogP contribution in [0.4, 0.5) is 5.69 Å². The van der Waals surface area contributed by atoms with E-state index in [1.54, 1.807) is 0 Å². The van der Waals surface area contributed by atoms with Gasteiger partial charge < -0.3 is 5.32 Å². The van der Waals surface area contributed by atoms with Crippen molar-refractivity contribution in [1.82, 2.24) is 0 Å². The number of nitrogens with one attached hydrogen (secondary N) is 1. The maximum atomic E-state index is 12.8. The number of hydrogen-bond donors (Lipinski definition) is 1. The summed E-state index contributed by atoms with van der Waals surface area (Å²) in [5.41, 5.74) is 3.30. The number of carbonyl (C=O) groups is 1. The van der Waals surface area contributed by atoms with E-state index in [4.69, 9.17) is 0 Å². The summed E-state index contributed by atoms with van der Waals surface area (Å²) in [5.74, 6) is 2.14. The molecule has 1 aliphatic rings. The maximum Gasteiger partial charge on any atom is 0.227 e. The molecule has 2 heteroatoms. The first-order valence-corrected chi connectivity index (χ1v) is 8.27. The molecule has 0 aliphatic heterocycles. The Hall–Kier alpha value is -1.31. The minimum Gasteiger partial charge on any atom is -0.325 e. The molecule has 116 valence electrons. The predicted molar refractivity (Wildman–Crippen MR) is 89.4 cm³/mol. The number of anilines is 1. The first-order chi connectivity index (χ1) is 9.90. The Bertz CT molecular complexity index is 486. The van der Waals surface area contributed by atoms with Crippen LogP contribution in [0.1, 0.15) is 51.2 Å². The molecule has 1 fully saturated rings. The van der Waals surface area contributed by atoms with E-state index in [-0.39, 0.29) is 11.8 Å². The van der Waals surface area contributed by atoms with Crippen LogP contribution in [-0.2, 0) is 4.79 Å². The van der Waals surface area contributed by atoms with Gasteiger partial charge in [0, 0.05) is 11.6 Å². The minimum absolute atomic E-state index is 0.160. The molecule has 2 nitrogen and oxygen atoms in total. The van der Waals surface area contributed by atoms with Gasteiger partial charge in [0.2, 0.25) is 5.91 Å². The number of benzene rings is 1. The van der Waals surface area contributed by atoms with Gasteiger partial charge in [-0.3, -0.25) is 4.79 Å². The summed E-state index contributed by atoms with van der Waals surface area (Å²) >= 11 is 0. The molecule has 1 aromatic rings. The molecular formula is C19H29NO. The van der Waals surface area contributed by atoms with Gasteiger partial charge in [-0.2, -0.15) is 0 Å². The first kappa shape index (κ1) is 16.1. The topological polar surface area (TPSA) is 29.1 Å². The van der Waals surface area contributed by atoms with E-state index >= 15 is 0 Å². The minimum atomic E-state index is 0.160. The van der Waals surface area contributed by atoms with Crippen molar-refractivity contribution in [2.75, 3.05) is 5.32 Å². The fraction of sp³-hybridized carbons (Fsp3) is 0.632. The zero-order chi connectivity index (χ0) is 15.6. The summed E-state index contributed by atoms with van der Waals surface area (Å²) in [4.78, 5) is 12.8. The SMILES string of the molecule is Cc1cccc(C)c1NC(=O)[C@@H]1C[C@H](C)CC[C@H]1C(C)C. The Balaban J connectivity index is 2.17. The second kappa shape index (κ2) is 6.64. The van der Waals surface area contributed by atoms with E-state index < -0.39 is 0 Å². The Morgan fingerprint density at radius 1 is 1.19 bits per heavy atom. The van der Waals surface area contributed by atoms with Crippen LogP contribution in [0.2, 0.25) is 0 Å². The highest BCUT2D eigenvalue weighted by molar-refractivity contribution is 5.94. The molecule has 1 N–H and O–H groups in total. The lowest BCUT2D eigenvalue weighted by atomic mass is 9.69. The quantitative estimate of drug-likeness (QED) is 0.837. The lowest BCUT2D eigenvalue weighted by Gasteiger charge is -2.36. The van der Waals surface area contributed by atoms with Crippen LogP contribution in [0.25, 0.3) is 0 Å². The summed E-state index contributed by atoms with van der Waals surface area (Å²) in [5, 5.41) is 3.21. The summed E-state index contributed by atoms with van der Waals surface area (Å²) in [6.07, 6.45) is 3.47. The summed E-state index contributed by atoms with van der Waals surface area (Å²) in [6.45, 7) is 10.9. The van der Waals surface area contributed by atoms with Crippen LogP contribution < -0.4 is 5.32 Å². The summed E-state index contributed by atoms with van der Waals surface area (Å²) < 4.78 is 0. The standard InChI is InChI=1S/C19H29NO/c1-12(2)16-10-9-13(3)11-17(16)19(21)20-18-14(4)7-6-8-15(18)5/h6-8,12-13,16-17H,9-11H2,1-5H3,(H,20,21)/t13-,16+,17-/m1/s1. The molecule has 0 saturated heterocycles. The average molecular weight is 287 g/mol. The van der Waals surface area contributed by atoms with Gasteiger partial charge >= 0.3 is 0 Å². The Labute approximate surface area is 129 Å². The van der Waals surface area contributed by atoms with Crippen molar-refractivity contribution in [3.8, 4) is 0 Å². The zero-order valence-electron chi connectivity index (χ0n) is 14.1. The molecule has 0 spiro atoms. The molecule has 2 rings (SSSR count). The highest BCUT2D eigenvalue weighted by Gasteiger charge is 2.35. The third kappa shape index (κ3) is 3.66. The number of para-hydroxylation sites is 1. The van der Waals surface area contributed by atoms with Gasteiger partial charge in [-0.25, -0.2) is 0 Å². The second-order valence-corrected chi connectivity index (χ2v) is 7.19. The van der Waals surface area contributed by atoms with Gasteiger partial charge in [0.25, 0.3) is 0 Å². The average Bonchev–Trinajstić information content (AvgIpc) is 2.42. The molecule has 3 atom stereocenters. The van der Waals surface area contributed by atoms with E-state index in [0.717, 1.165) is 23.2 Å². The van der Waals surface area contributed by atoms with E-state index in [2.05, 4.69) is 52.1 Å². The lowest BCUT2D eigenvalue weighted by molar-refractivity contribution is -0.124. The fourth-order valence-corrected chi connectivity index (χ4v) is 3.73. The van der Waals surface area contributed by atoms with Crippen molar-refractivity contribution < 1.29 is 4.79 Å². The van der Waals surface area contributed by atoms with Crippen molar-refractivity contribution in [2.45, 2.75) is 53.9 Å². The molecule has 1 amide bonds. The van der Waals surface area contributed by atoms with Crippen molar-refractivity contribution in [1.29, 1.82) is 0 Å². The summed E-state index contributed by atoms with van der Waals surface area (Å²) in [6, 6.07) is 6.16. The van der Waals surface area contributed by atoms with Crippen LogP contribution in [-0.4, -0.2) is 5.91 Å². The molecule has 1 saturated carbocycles. The first-order valence-electron chi connectivity index (χ1n) is 8.27. The number of aryl methyl sites for hydroxylation is 2. The highest BCUT2D eigenvalue weighted by atomic mass is 16.1. The number of rotatable bonds is 3. The molecule has 0 heterocycles. The second-order valence-electron chi connectivity index (χ2n) is 7.19. The highest BCUT2D eigenvalue weighted by Crippen LogP contribution is 2.38. The smallest absolute Gasteiger partial charge is 0.227 e. The van der Waals surface area contributed by atoms with Crippen molar-refractivity contribution in [2.24, 2.45) is 23.7 Å². The van der Waals surface area contributed by atoms with Crippen LogP contribution >= 0.6 is 0 Å². The maximum absolute atomic E-state index is 12.8. The largest absolute Gasteiger partial charge is 0.325 e. The van der Waals surface area contributed by atoms with Crippen LogP contribution in [0, 0.1) is 37.5 Å². The molecule has 0 unspecified atom stereocenters. The zero-order valence-corrected chi connectivity index (χ0v) is 14.1. The molecule has 0 bridgehead atoms. The van der Waals surface area contributed by atoms with Gasteiger partial charge in [-0.05, 0) is 55.6 Å². The van der Waals surface area contributed by atoms with E-state index in [1.807, 2.05) is 6.07 Å². The van der Waals surface area contributed by atoms with Crippen LogP contribution in [0.3, 0.4) is 0 Å². The molecule has 1 aromatic carbocycles. The fourth-order valence-electron chi connectivity index (χ4n) is 3.73. The Morgan fingerprint density at radius 2 is 1.81 bits per heavy atom. The summed E-state index contributed by atoms with van der Waals surface area (Å²) in [7, 11) is 0. The third-order valence-electron chi connectivity index (χ3n) is 5.09. The van der Waals surface area contributed by atoms with Crippen LogP contribution in [0.5, 0.6) is 0 Å². The van der Waals surface area contributed by atoms with E-state index in [9.17, 15) is 4.79 Å². The Morgan fingerprint density at radius 3 is 2.38 bits per heavy atom. The lowest BCUT2D eigenvalue weighted by Crippen LogP contribution is -2.36. The Kier molecular flexibility index (Phi) is 5.08. The van der Waals surface area contributed by atoms with Gasteiger partial charge in [0.05, 0.1) is 0 Å². The third-order valence-corrected chi connectivity index (χ3v) is 5.09. The van der Waals surface area contributed by atoms with Crippen molar-refractivity contribution >= 4 is 11.6 Å². The molecule has 1 aliphatic carbocycles. The molecule has 21 heavy (non-hydrogen) atoms. The van der Waals surface area contributed by atoms with Gasteiger partial charge in [0.1, 0.15) is 0 Å². The van der Waals surface area contributed by atoms with Gasteiger partial charge in [0.15, 0.2) is 0 Å².